The molecule has 0 saturated carbocycles. The second-order valence-corrected chi connectivity index (χ2v) is 4.89. The van der Waals surface area contributed by atoms with Crippen LogP contribution in [0.15, 0.2) is 15.3 Å². The lowest BCUT2D eigenvalue weighted by Crippen LogP contribution is -2.29. The summed E-state index contributed by atoms with van der Waals surface area (Å²) in [5.74, 6) is 0.0459. The second-order valence-electron chi connectivity index (χ2n) is 4.48. The summed E-state index contributed by atoms with van der Waals surface area (Å²) < 4.78 is 5.31. The molecule has 2 aromatic rings. The Morgan fingerprint density at radius 1 is 1.44 bits per heavy atom. The van der Waals surface area contributed by atoms with Crippen molar-refractivity contribution in [1.82, 2.24) is 5.32 Å². The van der Waals surface area contributed by atoms with Crippen molar-refractivity contribution >= 4 is 22.6 Å². The summed E-state index contributed by atoms with van der Waals surface area (Å²) in [5.41, 5.74) is 2.17. The summed E-state index contributed by atoms with van der Waals surface area (Å²) in [6, 6.07) is 1.50. The number of phenolic OH excluding ortho intramolecular Hbond substituents is 1. The number of aryl methyl sites for hydroxylation is 1. The Morgan fingerprint density at radius 2 is 2.22 bits per heavy atom. The third-order valence-electron chi connectivity index (χ3n) is 3.41. The first-order chi connectivity index (χ1) is 8.59. The van der Waals surface area contributed by atoms with Gasteiger partial charge in [0.1, 0.15) is 11.3 Å². The van der Waals surface area contributed by atoms with Gasteiger partial charge in [-0.05, 0) is 31.5 Å². The van der Waals surface area contributed by atoms with Crippen molar-refractivity contribution in [2.45, 2.75) is 19.9 Å². The van der Waals surface area contributed by atoms with E-state index in [9.17, 15) is 9.90 Å². The number of hydrogen-bond acceptors (Lipinski definition) is 4. The molecule has 5 heteroatoms. The van der Waals surface area contributed by atoms with Crippen LogP contribution in [0.5, 0.6) is 5.75 Å². The van der Waals surface area contributed by atoms with E-state index in [0.29, 0.717) is 28.3 Å². The molecule has 1 aliphatic heterocycles. The second kappa shape index (κ2) is 4.00. The van der Waals surface area contributed by atoms with Crippen LogP contribution in [0, 0.1) is 6.92 Å². The predicted molar refractivity (Wildman–Crippen MR) is 69.3 cm³/mol. The molecule has 0 aliphatic carbocycles. The minimum absolute atomic E-state index is 0.0459. The molecular formula is C13H12ClNO3. The molecule has 2 heterocycles. The van der Waals surface area contributed by atoms with Crippen LogP contribution in [0.2, 0.25) is 5.02 Å². The predicted octanol–water partition coefficient (Wildman–Crippen LogP) is 2.11. The largest absolute Gasteiger partial charge is 0.507 e. The first kappa shape index (κ1) is 11.6. The molecule has 1 aromatic heterocycles. The van der Waals surface area contributed by atoms with Crippen molar-refractivity contribution in [2.75, 3.05) is 6.54 Å². The fourth-order valence-electron chi connectivity index (χ4n) is 2.43. The number of rotatable bonds is 0. The summed E-state index contributed by atoms with van der Waals surface area (Å²) >= 11 is 6.18. The smallest absolute Gasteiger partial charge is 0.341 e. The number of nitrogens with one attached hydrogen (secondary N) is 1. The third kappa shape index (κ3) is 1.53. The lowest BCUT2D eigenvalue weighted by molar-refractivity contribution is 0.467. The molecule has 0 saturated heterocycles. The first-order valence-electron chi connectivity index (χ1n) is 5.77. The zero-order valence-corrected chi connectivity index (χ0v) is 10.6. The number of halogens is 1. The van der Waals surface area contributed by atoms with Gasteiger partial charge >= 0.3 is 5.63 Å². The van der Waals surface area contributed by atoms with E-state index in [1.165, 1.54) is 6.07 Å². The standard InChI is InChI=1S/C13H12ClNO3/c1-6-10(16)4-9(14)11-7-2-3-15-5-8(7)13(17)18-12(6)11/h4,15-16H,2-3,5H2,1H3. The Labute approximate surface area is 108 Å². The van der Waals surface area contributed by atoms with Crippen molar-refractivity contribution in [3.05, 3.63) is 38.2 Å². The van der Waals surface area contributed by atoms with E-state index in [-0.39, 0.29) is 11.4 Å². The fourth-order valence-corrected chi connectivity index (χ4v) is 2.73. The number of aromatic hydroxyl groups is 1. The zero-order chi connectivity index (χ0) is 12.9. The highest BCUT2D eigenvalue weighted by Crippen LogP contribution is 2.35. The molecule has 0 atom stereocenters. The van der Waals surface area contributed by atoms with Crippen LogP contribution in [0.1, 0.15) is 16.7 Å². The Balaban J connectivity index is 2.52. The molecule has 2 N–H and O–H groups in total. The molecule has 0 bridgehead atoms. The summed E-state index contributed by atoms with van der Waals surface area (Å²) in [4.78, 5) is 11.9. The van der Waals surface area contributed by atoms with Gasteiger partial charge in [0.05, 0.1) is 10.6 Å². The minimum atomic E-state index is -0.352. The van der Waals surface area contributed by atoms with Crippen LogP contribution in [0.3, 0.4) is 0 Å². The maximum Gasteiger partial charge on any atom is 0.341 e. The Bertz CT molecular complexity index is 706. The molecule has 0 unspecified atom stereocenters. The molecule has 1 aromatic carbocycles. The maximum absolute atomic E-state index is 11.9. The normalized spacial score (nSPS) is 14.8. The molecular weight excluding hydrogens is 254 g/mol. The van der Waals surface area contributed by atoms with Gasteiger partial charge in [-0.25, -0.2) is 4.79 Å². The highest BCUT2D eigenvalue weighted by atomic mass is 35.5. The molecule has 18 heavy (non-hydrogen) atoms. The molecule has 1 aliphatic rings. The molecule has 0 fully saturated rings. The van der Waals surface area contributed by atoms with Crippen molar-refractivity contribution in [2.24, 2.45) is 0 Å². The summed E-state index contributed by atoms with van der Waals surface area (Å²) in [6.07, 6.45) is 0.737. The van der Waals surface area contributed by atoms with Crippen LogP contribution in [-0.4, -0.2) is 11.7 Å². The van der Waals surface area contributed by atoms with Gasteiger partial charge in [-0.3, -0.25) is 0 Å². The first-order valence-corrected chi connectivity index (χ1v) is 6.14. The number of fused-ring (bicyclic) bond motifs is 3. The van der Waals surface area contributed by atoms with E-state index >= 15 is 0 Å². The Kier molecular flexibility index (Phi) is 2.57. The average Bonchev–Trinajstić information content (AvgIpc) is 2.36. The van der Waals surface area contributed by atoms with E-state index < -0.39 is 0 Å². The Morgan fingerprint density at radius 3 is 3.00 bits per heavy atom. The van der Waals surface area contributed by atoms with Gasteiger partial charge in [-0.15, -0.1) is 0 Å². The Hall–Kier alpha value is -1.52. The maximum atomic E-state index is 11.9. The summed E-state index contributed by atoms with van der Waals surface area (Å²) in [6.45, 7) is 3.02. The van der Waals surface area contributed by atoms with Gasteiger partial charge < -0.3 is 14.8 Å². The van der Waals surface area contributed by atoms with Crippen LogP contribution in [-0.2, 0) is 13.0 Å². The van der Waals surface area contributed by atoms with Crippen molar-refractivity contribution in [3.63, 3.8) is 0 Å². The molecule has 0 radical (unpaired) electrons. The summed E-state index contributed by atoms with van der Waals surface area (Å²) in [7, 11) is 0. The average molecular weight is 266 g/mol. The van der Waals surface area contributed by atoms with Gasteiger partial charge in [0.15, 0.2) is 0 Å². The lowest BCUT2D eigenvalue weighted by atomic mass is 9.97. The number of benzene rings is 1. The number of phenols is 1. The van der Waals surface area contributed by atoms with Crippen molar-refractivity contribution in [1.29, 1.82) is 0 Å². The highest BCUT2D eigenvalue weighted by molar-refractivity contribution is 6.36. The van der Waals surface area contributed by atoms with E-state index in [2.05, 4.69) is 5.32 Å². The van der Waals surface area contributed by atoms with Crippen LogP contribution >= 0.6 is 11.6 Å². The topological polar surface area (TPSA) is 62.5 Å². The number of hydrogen-bond donors (Lipinski definition) is 2. The highest BCUT2D eigenvalue weighted by Gasteiger charge is 2.21. The van der Waals surface area contributed by atoms with Crippen LogP contribution in [0.25, 0.3) is 11.0 Å². The van der Waals surface area contributed by atoms with Gasteiger partial charge in [-0.2, -0.15) is 0 Å². The van der Waals surface area contributed by atoms with Crippen LogP contribution in [0.4, 0.5) is 0 Å². The van der Waals surface area contributed by atoms with Crippen molar-refractivity contribution in [3.8, 4) is 5.75 Å². The monoisotopic (exact) mass is 265 g/mol. The molecule has 94 valence electrons. The van der Waals surface area contributed by atoms with Gasteiger partial charge in [0.25, 0.3) is 0 Å². The fraction of sp³-hybridized carbons (Fsp3) is 0.308. The van der Waals surface area contributed by atoms with E-state index in [0.717, 1.165) is 23.9 Å². The molecule has 4 nitrogen and oxygen atoms in total. The quantitative estimate of drug-likeness (QED) is 0.716. The van der Waals surface area contributed by atoms with Gasteiger partial charge in [-0.1, -0.05) is 11.6 Å². The van der Waals surface area contributed by atoms with Gasteiger partial charge in [0.2, 0.25) is 0 Å². The molecule has 0 spiro atoms. The van der Waals surface area contributed by atoms with E-state index in [1.54, 1.807) is 6.92 Å². The van der Waals surface area contributed by atoms with Crippen LogP contribution < -0.4 is 10.9 Å². The van der Waals surface area contributed by atoms with E-state index in [4.69, 9.17) is 16.0 Å². The lowest BCUT2D eigenvalue weighted by Gasteiger charge is -2.18. The van der Waals surface area contributed by atoms with Gasteiger partial charge in [0, 0.05) is 17.5 Å². The third-order valence-corrected chi connectivity index (χ3v) is 3.71. The van der Waals surface area contributed by atoms with E-state index in [1.807, 2.05) is 0 Å². The SMILES string of the molecule is Cc1c(O)cc(Cl)c2c3c(c(=O)oc12)CNCC3. The zero-order valence-electron chi connectivity index (χ0n) is 9.84. The molecule has 3 rings (SSSR count). The van der Waals surface area contributed by atoms with Crippen molar-refractivity contribution < 1.29 is 9.52 Å². The molecule has 0 amide bonds. The summed E-state index contributed by atoms with van der Waals surface area (Å²) in [5, 5.41) is 14.1. The minimum Gasteiger partial charge on any atom is -0.507 e.